The van der Waals surface area contributed by atoms with Gasteiger partial charge in [-0.25, -0.2) is 0 Å². The first-order valence-electron chi connectivity index (χ1n) is 8.84. The Bertz CT molecular complexity index is 213. The van der Waals surface area contributed by atoms with Crippen LogP contribution in [0.15, 0.2) is 12.7 Å². The fourth-order valence-electron chi connectivity index (χ4n) is 2.71. The molecule has 0 atom stereocenters. The molecule has 0 saturated carbocycles. The fourth-order valence-corrected chi connectivity index (χ4v) is 4.64. The fraction of sp³-hybridized carbons (Fsp3) is 0.889. The topological polar surface area (TPSA) is 9.23 Å². The van der Waals surface area contributed by atoms with E-state index < -0.39 is 8.32 Å². The van der Waals surface area contributed by atoms with Crippen molar-refractivity contribution >= 4 is 8.32 Å². The van der Waals surface area contributed by atoms with Crippen LogP contribution in [0.3, 0.4) is 0 Å². The molecule has 0 aromatic carbocycles. The quantitative estimate of drug-likeness (QED) is 0.197. The number of allylic oxidation sites excluding steroid dienone is 1. The second kappa shape index (κ2) is 12.6. The summed E-state index contributed by atoms with van der Waals surface area (Å²) in [5.41, 5.74) is 0. The molecule has 0 N–H and O–H groups in total. The molecule has 0 aliphatic carbocycles. The van der Waals surface area contributed by atoms with Crippen LogP contribution in [0.25, 0.3) is 0 Å². The lowest BCUT2D eigenvalue weighted by Crippen LogP contribution is -2.35. The molecule has 0 heterocycles. The normalized spacial score (nSPS) is 12.1. The van der Waals surface area contributed by atoms with Crippen LogP contribution in [-0.2, 0) is 4.43 Å². The van der Waals surface area contributed by atoms with E-state index in [1.807, 2.05) is 6.08 Å². The minimum Gasteiger partial charge on any atom is -0.414 e. The van der Waals surface area contributed by atoms with E-state index in [0.29, 0.717) is 6.10 Å². The molecule has 2 heteroatoms. The maximum atomic E-state index is 6.51. The lowest BCUT2D eigenvalue weighted by molar-refractivity contribution is 0.164. The molecule has 0 fully saturated rings. The third-order valence-electron chi connectivity index (χ3n) is 3.88. The van der Waals surface area contributed by atoms with Crippen molar-refractivity contribution < 1.29 is 4.43 Å². The average Bonchev–Trinajstić information content (AvgIpc) is 2.39. The molecule has 120 valence electrons. The van der Waals surface area contributed by atoms with Crippen molar-refractivity contribution in [3.05, 3.63) is 12.7 Å². The smallest absolute Gasteiger partial charge is 0.190 e. The Labute approximate surface area is 129 Å². The highest BCUT2D eigenvalue weighted by Crippen LogP contribution is 2.22. The van der Waals surface area contributed by atoms with Crippen LogP contribution in [0.1, 0.15) is 78.1 Å². The lowest BCUT2D eigenvalue weighted by atomic mass is 10.0. The Kier molecular flexibility index (Phi) is 12.6. The molecule has 0 rings (SSSR count). The SMILES string of the molecule is C=CC[Si](C)(C)OC(CCCCCC)CCCCCC. The Morgan fingerprint density at radius 3 is 1.80 bits per heavy atom. The summed E-state index contributed by atoms with van der Waals surface area (Å²) >= 11 is 0. The standard InChI is InChI=1S/C18H38OSi/c1-6-9-11-13-15-18(16-14-12-10-7-2)19-20(4,5)17-8-3/h8,18H,3,6-7,9-17H2,1-2,4-5H3. The van der Waals surface area contributed by atoms with Gasteiger partial charge >= 0.3 is 0 Å². The van der Waals surface area contributed by atoms with E-state index >= 15 is 0 Å². The van der Waals surface area contributed by atoms with Gasteiger partial charge in [0, 0.05) is 6.10 Å². The van der Waals surface area contributed by atoms with Crippen molar-refractivity contribution in [2.24, 2.45) is 0 Å². The number of unbranched alkanes of at least 4 members (excludes halogenated alkanes) is 6. The molecular weight excluding hydrogens is 260 g/mol. The third-order valence-corrected chi connectivity index (χ3v) is 6.12. The van der Waals surface area contributed by atoms with Gasteiger partial charge < -0.3 is 4.43 Å². The zero-order chi connectivity index (χ0) is 15.3. The minimum absolute atomic E-state index is 0.505. The molecule has 1 nitrogen and oxygen atoms in total. The van der Waals surface area contributed by atoms with E-state index in [0.717, 1.165) is 6.04 Å². The van der Waals surface area contributed by atoms with Gasteiger partial charge in [-0.3, -0.25) is 0 Å². The summed E-state index contributed by atoms with van der Waals surface area (Å²) in [6.45, 7) is 13.1. The van der Waals surface area contributed by atoms with E-state index in [9.17, 15) is 0 Å². The molecule has 0 radical (unpaired) electrons. The Hall–Kier alpha value is -0.0831. The van der Waals surface area contributed by atoms with Gasteiger partial charge in [-0.1, -0.05) is 71.3 Å². The van der Waals surface area contributed by atoms with Gasteiger partial charge in [-0.15, -0.1) is 6.58 Å². The van der Waals surface area contributed by atoms with Crippen LogP contribution >= 0.6 is 0 Å². The molecule has 0 bridgehead atoms. The molecule has 0 aliphatic rings. The molecule has 0 saturated heterocycles. The first-order valence-corrected chi connectivity index (χ1v) is 12.0. The summed E-state index contributed by atoms with van der Waals surface area (Å²) in [4.78, 5) is 0. The summed E-state index contributed by atoms with van der Waals surface area (Å²) in [6, 6.07) is 1.08. The predicted molar refractivity (Wildman–Crippen MR) is 94.9 cm³/mol. The van der Waals surface area contributed by atoms with Gasteiger partial charge in [0.2, 0.25) is 0 Å². The van der Waals surface area contributed by atoms with E-state index in [1.54, 1.807) is 0 Å². The lowest BCUT2D eigenvalue weighted by Gasteiger charge is -2.29. The molecule has 0 aromatic heterocycles. The van der Waals surface area contributed by atoms with E-state index in [1.165, 1.54) is 64.2 Å². The summed E-state index contributed by atoms with van der Waals surface area (Å²) in [6.07, 6.45) is 15.9. The van der Waals surface area contributed by atoms with Gasteiger partial charge in [-0.05, 0) is 32.0 Å². The van der Waals surface area contributed by atoms with Crippen LogP contribution in [0.2, 0.25) is 19.1 Å². The Morgan fingerprint density at radius 1 is 0.900 bits per heavy atom. The van der Waals surface area contributed by atoms with Gasteiger partial charge in [0.1, 0.15) is 0 Å². The van der Waals surface area contributed by atoms with Crippen molar-refractivity contribution in [3.8, 4) is 0 Å². The maximum Gasteiger partial charge on any atom is 0.190 e. The zero-order valence-electron chi connectivity index (χ0n) is 14.5. The monoisotopic (exact) mass is 298 g/mol. The summed E-state index contributed by atoms with van der Waals surface area (Å²) in [5, 5.41) is 0. The van der Waals surface area contributed by atoms with Crippen molar-refractivity contribution in [2.45, 2.75) is 103 Å². The molecule has 0 spiro atoms. The Morgan fingerprint density at radius 2 is 1.40 bits per heavy atom. The number of rotatable bonds is 14. The van der Waals surface area contributed by atoms with Crippen molar-refractivity contribution in [2.75, 3.05) is 0 Å². The second-order valence-corrected chi connectivity index (χ2v) is 10.9. The highest BCUT2D eigenvalue weighted by molar-refractivity contribution is 6.71. The van der Waals surface area contributed by atoms with Crippen molar-refractivity contribution in [1.82, 2.24) is 0 Å². The molecular formula is C18H38OSi. The van der Waals surface area contributed by atoms with Gasteiger partial charge in [0.05, 0.1) is 0 Å². The highest BCUT2D eigenvalue weighted by atomic mass is 28.4. The first-order chi connectivity index (χ1) is 9.55. The highest BCUT2D eigenvalue weighted by Gasteiger charge is 2.24. The van der Waals surface area contributed by atoms with Crippen molar-refractivity contribution in [3.63, 3.8) is 0 Å². The summed E-state index contributed by atoms with van der Waals surface area (Å²) in [7, 11) is -1.52. The van der Waals surface area contributed by atoms with E-state index in [-0.39, 0.29) is 0 Å². The van der Waals surface area contributed by atoms with E-state index in [2.05, 4.69) is 33.5 Å². The second-order valence-electron chi connectivity index (χ2n) is 6.69. The van der Waals surface area contributed by atoms with Crippen LogP contribution < -0.4 is 0 Å². The third kappa shape index (κ3) is 11.7. The molecule has 20 heavy (non-hydrogen) atoms. The van der Waals surface area contributed by atoms with Crippen LogP contribution in [0.4, 0.5) is 0 Å². The van der Waals surface area contributed by atoms with Crippen LogP contribution in [-0.4, -0.2) is 14.4 Å². The zero-order valence-corrected chi connectivity index (χ0v) is 15.5. The van der Waals surface area contributed by atoms with E-state index in [4.69, 9.17) is 4.43 Å². The van der Waals surface area contributed by atoms with Crippen molar-refractivity contribution in [1.29, 1.82) is 0 Å². The van der Waals surface area contributed by atoms with Gasteiger partial charge in [0.15, 0.2) is 8.32 Å². The predicted octanol–water partition coefficient (Wildman–Crippen LogP) is 6.70. The number of hydrogen-bond donors (Lipinski definition) is 0. The average molecular weight is 299 g/mol. The van der Waals surface area contributed by atoms with Gasteiger partial charge in [0.25, 0.3) is 0 Å². The summed E-state index contributed by atoms with van der Waals surface area (Å²) in [5.74, 6) is 0. The largest absolute Gasteiger partial charge is 0.414 e. The van der Waals surface area contributed by atoms with Crippen LogP contribution in [0.5, 0.6) is 0 Å². The molecule has 0 amide bonds. The maximum absolute atomic E-state index is 6.51. The minimum atomic E-state index is -1.52. The summed E-state index contributed by atoms with van der Waals surface area (Å²) < 4.78 is 6.51. The molecule has 0 unspecified atom stereocenters. The number of hydrogen-bond acceptors (Lipinski definition) is 1. The molecule has 0 aliphatic heterocycles. The Balaban J connectivity index is 4.12. The molecule has 0 aromatic rings. The van der Waals surface area contributed by atoms with Crippen LogP contribution in [0, 0.1) is 0 Å². The first kappa shape index (κ1) is 19.9. The van der Waals surface area contributed by atoms with Gasteiger partial charge in [-0.2, -0.15) is 0 Å².